The highest BCUT2D eigenvalue weighted by Gasteiger charge is 2.22. The highest BCUT2D eigenvalue weighted by Crippen LogP contribution is 2.48. The molecule has 0 bridgehead atoms. The van der Waals surface area contributed by atoms with E-state index in [0.29, 0.717) is 23.2 Å². The van der Waals surface area contributed by atoms with Crippen molar-refractivity contribution in [1.29, 1.82) is 0 Å². The fourth-order valence-corrected chi connectivity index (χ4v) is 6.96. The zero-order valence-electron chi connectivity index (χ0n) is 25.1. The first kappa shape index (κ1) is 25.8. The fourth-order valence-electron chi connectivity index (χ4n) is 6.96. The molecule has 0 unspecified atom stereocenters. The second-order valence-electron chi connectivity index (χ2n) is 11.9. The number of nitrogens with zero attached hydrogens (tertiary/aromatic N) is 4. The first-order chi connectivity index (χ1) is 23.3. The maximum Gasteiger partial charge on any atom is 0.183 e. The first-order valence-electron chi connectivity index (χ1n) is 15.6. The van der Waals surface area contributed by atoms with Gasteiger partial charge in [0.1, 0.15) is 16.9 Å². The fraction of sp³-hybridized carbons (Fsp3) is 0. The van der Waals surface area contributed by atoms with Crippen LogP contribution in [0.25, 0.3) is 100 Å². The van der Waals surface area contributed by atoms with Gasteiger partial charge in [0, 0.05) is 22.7 Å². The molecule has 0 saturated heterocycles. The average Bonchev–Trinajstić information content (AvgIpc) is 3.69. The molecule has 3 heterocycles. The lowest BCUT2D eigenvalue weighted by atomic mass is 9.95. The van der Waals surface area contributed by atoms with Crippen LogP contribution in [0.1, 0.15) is 0 Å². The Morgan fingerprint density at radius 2 is 1.06 bits per heavy atom. The summed E-state index contributed by atoms with van der Waals surface area (Å²) in [7, 11) is 0. The van der Waals surface area contributed by atoms with Gasteiger partial charge in [-0.15, -0.1) is 0 Å². The normalized spacial score (nSPS) is 11.8. The predicted molar refractivity (Wildman–Crippen MR) is 189 cm³/mol. The smallest absolute Gasteiger partial charge is 0.183 e. The molecule has 5 heteroatoms. The summed E-state index contributed by atoms with van der Waals surface area (Å²) in [6, 6.07) is 48.3. The molecule has 9 aromatic rings. The summed E-state index contributed by atoms with van der Waals surface area (Å²) >= 11 is 0. The third-order valence-electron chi connectivity index (χ3n) is 9.13. The zero-order chi connectivity index (χ0) is 30.9. The van der Waals surface area contributed by atoms with Crippen molar-refractivity contribution >= 4 is 32.7 Å². The van der Waals surface area contributed by atoms with Crippen molar-refractivity contribution in [3.8, 4) is 67.7 Å². The van der Waals surface area contributed by atoms with Gasteiger partial charge in [0.2, 0.25) is 0 Å². The van der Waals surface area contributed by atoms with Gasteiger partial charge in [-0.1, -0.05) is 115 Å². The van der Waals surface area contributed by atoms with E-state index in [2.05, 4.69) is 78.9 Å². The number of pyridine rings is 1. The van der Waals surface area contributed by atoms with Crippen LogP contribution >= 0.6 is 0 Å². The lowest BCUT2D eigenvalue weighted by Gasteiger charge is -2.10. The molecule has 0 atom stereocenters. The summed E-state index contributed by atoms with van der Waals surface area (Å²) in [6.07, 6.45) is 1.75. The van der Waals surface area contributed by atoms with Gasteiger partial charge in [0.25, 0.3) is 0 Å². The quantitative estimate of drug-likeness (QED) is 0.201. The maximum absolute atomic E-state index is 6.15. The molecule has 5 nitrogen and oxygen atoms in total. The molecule has 218 valence electrons. The summed E-state index contributed by atoms with van der Waals surface area (Å²) in [4.78, 5) is 19.7. The van der Waals surface area contributed by atoms with E-state index in [4.69, 9.17) is 24.4 Å². The Balaban J connectivity index is 1.11. The van der Waals surface area contributed by atoms with Gasteiger partial charge in [-0.25, -0.2) is 15.0 Å². The molecule has 0 spiro atoms. The van der Waals surface area contributed by atoms with Crippen molar-refractivity contribution in [2.75, 3.05) is 0 Å². The number of para-hydroxylation sites is 1. The van der Waals surface area contributed by atoms with E-state index in [9.17, 15) is 0 Å². The van der Waals surface area contributed by atoms with Crippen LogP contribution in [0.4, 0.5) is 0 Å². The van der Waals surface area contributed by atoms with E-state index < -0.39 is 0 Å². The monoisotopic (exact) mass is 600 g/mol. The summed E-state index contributed by atoms with van der Waals surface area (Å²) in [5.74, 6) is 1.68. The van der Waals surface area contributed by atoms with Crippen LogP contribution in [0.5, 0.6) is 0 Å². The Kier molecular flexibility index (Phi) is 5.51. The lowest BCUT2D eigenvalue weighted by molar-refractivity contribution is 0.668. The molecule has 0 aliphatic heterocycles. The van der Waals surface area contributed by atoms with Crippen molar-refractivity contribution in [3.05, 3.63) is 146 Å². The highest BCUT2D eigenvalue weighted by atomic mass is 16.3. The molecule has 1 aliphatic carbocycles. The van der Waals surface area contributed by atoms with Gasteiger partial charge in [-0.3, -0.25) is 4.98 Å². The second kappa shape index (κ2) is 10.0. The number of hydrogen-bond acceptors (Lipinski definition) is 5. The summed E-state index contributed by atoms with van der Waals surface area (Å²) in [5.41, 5.74) is 11.5. The molecule has 1 aliphatic rings. The maximum atomic E-state index is 6.15. The Labute approximate surface area is 269 Å². The third kappa shape index (κ3) is 4.03. The van der Waals surface area contributed by atoms with Gasteiger partial charge in [-0.2, -0.15) is 0 Å². The summed E-state index contributed by atoms with van der Waals surface area (Å²) < 4.78 is 6.15. The van der Waals surface area contributed by atoms with Gasteiger partial charge >= 0.3 is 0 Å². The Hall–Kier alpha value is -6.46. The highest BCUT2D eigenvalue weighted by molar-refractivity contribution is 6.16. The van der Waals surface area contributed by atoms with Crippen LogP contribution in [0.2, 0.25) is 0 Å². The molecule has 10 rings (SSSR count). The van der Waals surface area contributed by atoms with Gasteiger partial charge in [-0.05, 0) is 68.4 Å². The Morgan fingerprint density at radius 3 is 1.89 bits per heavy atom. The van der Waals surface area contributed by atoms with Gasteiger partial charge < -0.3 is 4.42 Å². The Morgan fingerprint density at radius 1 is 0.404 bits per heavy atom. The second-order valence-corrected chi connectivity index (χ2v) is 11.9. The third-order valence-corrected chi connectivity index (χ3v) is 9.13. The predicted octanol–water partition coefficient (Wildman–Crippen LogP) is 10.6. The number of benzene rings is 6. The number of aromatic nitrogens is 4. The van der Waals surface area contributed by atoms with E-state index >= 15 is 0 Å². The van der Waals surface area contributed by atoms with E-state index in [1.807, 2.05) is 60.7 Å². The lowest BCUT2D eigenvalue weighted by Crippen LogP contribution is -2.01. The molecule has 3 aromatic heterocycles. The molecular formula is C42H24N4O. The molecule has 0 radical (unpaired) electrons. The van der Waals surface area contributed by atoms with Crippen molar-refractivity contribution in [3.63, 3.8) is 0 Å². The minimum atomic E-state index is 0.502. The molecule has 0 fully saturated rings. The van der Waals surface area contributed by atoms with E-state index in [0.717, 1.165) is 38.6 Å². The van der Waals surface area contributed by atoms with E-state index in [1.165, 1.54) is 38.6 Å². The summed E-state index contributed by atoms with van der Waals surface area (Å²) in [6.45, 7) is 0. The average molecular weight is 601 g/mol. The number of furan rings is 1. The van der Waals surface area contributed by atoms with E-state index in [-0.39, 0.29) is 0 Å². The molecule has 0 amide bonds. The molecule has 0 N–H and O–H groups in total. The molecular weight excluding hydrogens is 576 g/mol. The number of fused-ring (bicyclic) bond motifs is 6. The van der Waals surface area contributed by atoms with Crippen LogP contribution < -0.4 is 0 Å². The molecule has 0 saturated carbocycles. The van der Waals surface area contributed by atoms with Crippen molar-refractivity contribution in [2.45, 2.75) is 0 Å². The van der Waals surface area contributed by atoms with E-state index in [1.54, 1.807) is 6.20 Å². The van der Waals surface area contributed by atoms with Crippen LogP contribution in [0, 0.1) is 0 Å². The minimum Gasteiger partial charge on any atom is -0.456 e. The number of hydrogen-bond donors (Lipinski definition) is 0. The molecule has 6 aromatic carbocycles. The van der Waals surface area contributed by atoms with Crippen molar-refractivity contribution in [1.82, 2.24) is 19.9 Å². The van der Waals surface area contributed by atoms with Crippen molar-refractivity contribution in [2.24, 2.45) is 0 Å². The molecule has 47 heavy (non-hydrogen) atoms. The van der Waals surface area contributed by atoms with Gasteiger partial charge in [0.05, 0.1) is 5.39 Å². The summed E-state index contributed by atoms with van der Waals surface area (Å²) in [5, 5.41) is 4.45. The van der Waals surface area contributed by atoms with Crippen LogP contribution in [-0.4, -0.2) is 19.9 Å². The first-order valence-corrected chi connectivity index (χ1v) is 15.6. The van der Waals surface area contributed by atoms with Crippen LogP contribution in [-0.2, 0) is 0 Å². The Bertz CT molecular complexity index is 2680. The largest absolute Gasteiger partial charge is 0.456 e. The topological polar surface area (TPSA) is 64.7 Å². The zero-order valence-corrected chi connectivity index (χ0v) is 25.1. The standard InChI is InChI=1S/C42H24N4O/c1-2-9-26(10-3-1)40-44-41(46-42(45-40)39-38-33-14-6-7-16-35(33)47-36(38)21-22-43-39)27-19-17-25(18-20-27)29-23-28-11-8-15-32-30-12-4-5-13-31(30)34(24-29)37(28)32/h1-24H. The van der Waals surface area contributed by atoms with Crippen LogP contribution in [0.15, 0.2) is 150 Å². The van der Waals surface area contributed by atoms with Crippen LogP contribution in [0.3, 0.4) is 0 Å². The number of rotatable bonds is 4. The SMILES string of the molecule is c1ccc(-c2nc(-c3ccc(-c4cc5c6c(cccc6c4)-c4ccccc4-5)cc3)nc(-c3nccc4oc5ccccc5c34)n2)cc1. The van der Waals surface area contributed by atoms with Gasteiger partial charge in [0.15, 0.2) is 17.5 Å². The minimum absolute atomic E-state index is 0.502. The van der Waals surface area contributed by atoms with Crippen molar-refractivity contribution < 1.29 is 4.42 Å².